The second-order valence-electron chi connectivity index (χ2n) is 8.62. The van der Waals surface area contributed by atoms with E-state index >= 15 is 0 Å². The molecule has 0 heterocycles. The van der Waals surface area contributed by atoms with E-state index in [-0.39, 0.29) is 28.4 Å². The second kappa shape index (κ2) is 14.6. The third-order valence-corrected chi connectivity index (χ3v) is 5.67. The highest BCUT2D eigenvalue weighted by molar-refractivity contribution is 8.93. The summed E-state index contributed by atoms with van der Waals surface area (Å²) in [6.07, 6.45) is 15.8. The summed E-state index contributed by atoms with van der Waals surface area (Å²) >= 11 is 0. The summed E-state index contributed by atoms with van der Waals surface area (Å²) < 4.78 is 5.29. The summed E-state index contributed by atoms with van der Waals surface area (Å²) in [4.78, 5) is 14.1. The maximum atomic E-state index is 11.9. The van der Waals surface area contributed by atoms with Gasteiger partial charge in [0.2, 0.25) is 0 Å². The first-order chi connectivity index (χ1) is 13.7. The zero-order chi connectivity index (χ0) is 21.9. The molecule has 170 valence electrons. The van der Waals surface area contributed by atoms with E-state index in [1.54, 1.807) is 6.08 Å². The van der Waals surface area contributed by atoms with Gasteiger partial charge >= 0.3 is 5.97 Å². The van der Waals surface area contributed by atoms with Crippen molar-refractivity contribution in [1.29, 1.82) is 0 Å². The van der Waals surface area contributed by atoms with Crippen molar-refractivity contribution in [2.24, 2.45) is 5.41 Å². The molecule has 0 atom stereocenters. The van der Waals surface area contributed by atoms with Gasteiger partial charge in [-0.05, 0) is 69.7 Å². The van der Waals surface area contributed by atoms with Crippen molar-refractivity contribution in [3.05, 3.63) is 58.7 Å². The van der Waals surface area contributed by atoms with Gasteiger partial charge in [-0.15, -0.1) is 17.0 Å². The average molecular weight is 481 g/mol. The van der Waals surface area contributed by atoms with Crippen LogP contribution in [-0.2, 0) is 9.53 Å². The van der Waals surface area contributed by atoms with Crippen LogP contribution in [0.3, 0.4) is 0 Å². The van der Waals surface area contributed by atoms with Crippen molar-refractivity contribution in [3.63, 3.8) is 0 Å². The zero-order valence-electron chi connectivity index (χ0n) is 20.1. The smallest absolute Gasteiger partial charge is 0.331 e. The Labute approximate surface area is 195 Å². The lowest BCUT2D eigenvalue weighted by Gasteiger charge is -2.32. The van der Waals surface area contributed by atoms with Gasteiger partial charge in [0.25, 0.3) is 0 Å². The van der Waals surface area contributed by atoms with E-state index in [1.165, 1.54) is 36.0 Å². The lowest BCUT2D eigenvalue weighted by molar-refractivity contribution is -0.138. The van der Waals surface area contributed by atoms with Crippen LogP contribution >= 0.6 is 17.0 Å². The van der Waals surface area contributed by atoms with E-state index in [4.69, 9.17) is 4.74 Å². The fraction of sp³-hybridized carbons (Fsp3) is 0.577. The van der Waals surface area contributed by atoms with Crippen LogP contribution in [0.25, 0.3) is 0 Å². The molecule has 0 aromatic heterocycles. The fourth-order valence-electron chi connectivity index (χ4n) is 3.72. The average Bonchev–Trinajstić information content (AvgIpc) is 2.64. The minimum Gasteiger partial charge on any atom is -0.461 e. The Kier molecular flexibility index (Phi) is 13.9. The summed E-state index contributed by atoms with van der Waals surface area (Å²) in [7, 11) is 0. The van der Waals surface area contributed by atoms with Crippen molar-refractivity contribution in [3.8, 4) is 0 Å². The molecule has 0 fully saturated rings. The Morgan fingerprint density at radius 3 is 2.40 bits per heavy atom. The lowest BCUT2D eigenvalue weighted by Crippen LogP contribution is -2.27. The lowest BCUT2D eigenvalue weighted by atomic mass is 9.72. The maximum Gasteiger partial charge on any atom is 0.331 e. The number of hydrogen-bond donors (Lipinski definition) is 0. The highest BCUT2D eigenvalue weighted by Crippen LogP contribution is 2.40. The molecule has 0 aromatic rings. The van der Waals surface area contributed by atoms with Gasteiger partial charge in [0, 0.05) is 12.6 Å². The van der Waals surface area contributed by atoms with Gasteiger partial charge in [-0.3, -0.25) is 0 Å². The topological polar surface area (TPSA) is 29.5 Å². The molecule has 30 heavy (non-hydrogen) atoms. The van der Waals surface area contributed by atoms with Gasteiger partial charge in [0.1, 0.15) is 6.61 Å². The van der Waals surface area contributed by atoms with Crippen molar-refractivity contribution < 1.29 is 9.53 Å². The molecule has 0 aromatic carbocycles. The van der Waals surface area contributed by atoms with Crippen LogP contribution < -0.4 is 0 Å². The van der Waals surface area contributed by atoms with Gasteiger partial charge in [-0.25, -0.2) is 4.79 Å². The summed E-state index contributed by atoms with van der Waals surface area (Å²) in [6.45, 7) is 18.3. The Morgan fingerprint density at radius 2 is 1.80 bits per heavy atom. The van der Waals surface area contributed by atoms with Gasteiger partial charge in [-0.2, -0.15) is 0 Å². The van der Waals surface area contributed by atoms with E-state index in [0.29, 0.717) is 6.61 Å². The molecule has 0 bridgehead atoms. The highest BCUT2D eigenvalue weighted by Gasteiger charge is 2.26. The van der Waals surface area contributed by atoms with Crippen molar-refractivity contribution in [1.82, 2.24) is 4.90 Å². The normalized spacial score (nSPS) is 17.7. The van der Waals surface area contributed by atoms with Crippen molar-refractivity contribution in [2.45, 2.75) is 67.7 Å². The van der Waals surface area contributed by atoms with Crippen LogP contribution in [0.2, 0.25) is 0 Å². The number of halogens is 1. The van der Waals surface area contributed by atoms with Crippen LogP contribution in [0.4, 0.5) is 0 Å². The molecule has 1 aliphatic rings. The molecule has 1 aliphatic carbocycles. The third kappa shape index (κ3) is 10.6. The third-order valence-electron chi connectivity index (χ3n) is 5.67. The van der Waals surface area contributed by atoms with Crippen LogP contribution in [0.5, 0.6) is 0 Å². The van der Waals surface area contributed by atoms with Crippen LogP contribution in [0.1, 0.15) is 67.7 Å². The molecule has 0 saturated carbocycles. The SMILES string of the molecule is Br.CCN(CC)CCOC(=O)C=C(C)C=C/C=C(/C)C=CC1=C(C)CCCC1(C)C. The number of rotatable bonds is 10. The Bertz CT molecular complexity index is 692. The largest absolute Gasteiger partial charge is 0.461 e. The molecule has 3 nitrogen and oxygen atoms in total. The molecule has 0 amide bonds. The number of carbonyl (C=O) groups excluding carboxylic acids is 1. The molecule has 0 unspecified atom stereocenters. The first-order valence-electron chi connectivity index (χ1n) is 11.0. The Balaban J connectivity index is 0.00000841. The molecule has 0 saturated heterocycles. The summed E-state index contributed by atoms with van der Waals surface area (Å²) in [6, 6.07) is 0. The molecule has 1 rings (SSSR count). The van der Waals surface area contributed by atoms with Crippen molar-refractivity contribution >= 4 is 23.0 Å². The maximum absolute atomic E-state index is 11.9. The zero-order valence-corrected chi connectivity index (χ0v) is 21.8. The molecule has 4 heteroatoms. The van der Waals surface area contributed by atoms with Crippen LogP contribution in [0, 0.1) is 5.41 Å². The summed E-state index contributed by atoms with van der Waals surface area (Å²) in [5.74, 6) is -0.276. The number of esters is 1. The van der Waals surface area contributed by atoms with E-state index in [2.05, 4.69) is 64.7 Å². The predicted octanol–water partition coefficient (Wildman–Crippen LogP) is 6.98. The quantitative estimate of drug-likeness (QED) is 0.192. The predicted molar refractivity (Wildman–Crippen MR) is 135 cm³/mol. The van der Waals surface area contributed by atoms with Gasteiger partial charge in [0.05, 0.1) is 0 Å². The first kappa shape index (κ1) is 28.6. The van der Waals surface area contributed by atoms with Gasteiger partial charge < -0.3 is 9.64 Å². The number of nitrogens with zero attached hydrogens (tertiary/aromatic N) is 1. The molecule has 0 N–H and O–H groups in total. The number of carbonyl (C=O) groups is 1. The minimum absolute atomic E-state index is 0. The molecule has 0 radical (unpaired) electrons. The van der Waals surface area contributed by atoms with Crippen LogP contribution in [-0.4, -0.2) is 37.1 Å². The Morgan fingerprint density at radius 1 is 1.13 bits per heavy atom. The van der Waals surface area contributed by atoms with E-state index in [9.17, 15) is 4.79 Å². The summed E-state index contributed by atoms with van der Waals surface area (Å²) in [5, 5.41) is 0. The standard InChI is InChI=1S/C26H41NO2.BrH/c1-8-27(9-2)18-19-29-25(28)20-22(4)13-10-12-21(3)15-16-24-23(5)14-11-17-26(24,6)7;/h10,12-13,15-16,20H,8-9,11,14,17-19H2,1-7H3;1H/b13-10?,16-15?,21-12-,22-20?;. The highest BCUT2D eigenvalue weighted by atomic mass is 79.9. The number of allylic oxidation sites excluding steroid dienone is 9. The van der Waals surface area contributed by atoms with E-state index in [0.717, 1.165) is 25.2 Å². The molecule has 0 spiro atoms. The Hall–Kier alpha value is -1.39. The minimum atomic E-state index is -0.276. The number of hydrogen-bond acceptors (Lipinski definition) is 3. The molecule has 0 aliphatic heterocycles. The summed E-state index contributed by atoms with van der Waals surface area (Å²) in [5.41, 5.74) is 5.33. The first-order valence-corrected chi connectivity index (χ1v) is 11.0. The van der Waals surface area contributed by atoms with Crippen LogP contribution in [0.15, 0.2) is 58.7 Å². The molecular formula is C26H42BrNO2. The van der Waals surface area contributed by atoms with E-state index < -0.39 is 0 Å². The van der Waals surface area contributed by atoms with Gasteiger partial charge in [0.15, 0.2) is 0 Å². The fourth-order valence-corrected chi connectivity index (χ4v) is 3.72. The molecular weight excluding hydrogens is 438 g/mol. The number of likely N-dealkylation sites (N-methyl/N-ethyl adjacent to an activating group) is 1. The number of ether oxygens (including phenoxy) is 1. The van der Waals surface area contributed by atoms with Gasteiger partial charge in [-0.1, -0.05) is 69.2 Å². The van der Waals surface area contributed by atoms with Crippen molar-refractivity contribution in [2.75, 3.05) is 26.2 Å². The monoisotopic (exact) mass is 479 g/mol. The second-order valence-corrected chi connectivity index (χ2v) is 8.62. The van der Waals surface area contributed by atoms with E-state index in [1.807, 2.05) is 19.1 Å².